The van der Waals surface area contributed by atoms with Crippen LogP contribution >= 0.6 is 36.6 Å². The van der Waals surface area contributed by atoms with E-state index in [1.807, 2.05) is 7.05 Å². The first-order valence-electron chi connectivity index (χ1n) is 9.79. The van der Waals surface area contributed by atoms with Crippen LogP contribution in [0.4, 0.5) is 10.5 Å². The van der Waals surface area contributed by atoms with Crippen LogP contribution in [0.25, 0.3) is 0 Å². The Balaban J connectivity index is 0.00000160. The molecular formula is C22H29Cl2N3O2S. The van der Waals surface area contributed by atoms with Gasteiger partial charge in [-0.2, -0.15) is 0 Å². The number of halogens is 2. The van der Waals surface area contributed by atoms with E-state index in [9.17, 15) is 4.79 Å². The lowest BCUT2D eigenvalue weighted by atomic mass is 9.92. The van der Waals surface area contributed by atoms with E-state index in [0.29, 0.717) is 12.1 Å². The molecule has 0 aliphatic carbocycles. The van der Waals surface area contributed by atoms with E-state index in [0.717, 1.165) is 30.8 Å². The zero-order valence-corrected chi connectivity index (χ0v) is 19.6. The fourth-order valence-electron chi connectivity index (χ4n) is 4.06. The molecule has 2 heterocycles. The third kappa shape index (κ3) is 5.31. The van der Waals surface area contributed by atoms with Gasteiger partial charge in [-0.1, -0.05) is 42.5 Å². The van der Waals surface area contributed by atoms with Gasteiger partial charge in [-0.3, -0.25) is 4.79 Å². The minimum atomic E-state index is -0.231. The van der Waals surface area contributed by atoms with E-state index in [2.05, 4.69) is 59.2 Å². The Morgan fingerprint density at radius 1 is 1.20 bits per heavy atom. The topological polar surface area (TPSA) is 53.6 Å². The number of benzene rings is 2. The molecule has 0 spiro atoms. The Kier molecular flexibility index (Phi) is 9.47. The molecule has 2 aliphatic heterocycles. The molecular weight excluding hydrogens is 441 g/mol. The van der Waals surface area contributed by atoms with Gasteiger partial charge in [-0.25, -0.2) is 0 Å². The first-order chi connectivity index (χ1) is 13.7. The first kappa shape index (κ1) is 25.0. The van der Waals surface area contributed by atoms with Gasteiger partial charge in [-0.15, -0.1) is 24.8 Å². The summed E-state index contributed by atoms with van der Waals surface area (Å²) in [6.07, 6.45) is 2.33. The van der Waals surface area contributed by atoms with Crippen LogP contribution in [0, 0.1) is 0 Å². The Morgan fingerprint density at radius 3 is 2.70 bits per heavy atom. The van der Waals surface area contributed by atoms with E-state index in [4.69, 9.17) is 4.74 Å². The number of carbonyl (C=O) groups excluding carboxylic acids is 1. The number of methoxy groups -OCH3 is 1. The molecule has 2 aliphatic rings. The Bertz CT molecular complexity index is 840. The lowest BCUT2D eigenvalue weighted by molar-refractivity contribution is 0.175. The molecule has 0 bridgehead atoms. The highest BCUT2D eigenvalue weighted by Crippen LogP contribution is 2.42. The van der Waals surface area contributed by atoms with Crippen molar-refractivity contribution in [3.63, 3.8) is 0 Å². The number of hydrogen-bond donors (Lipinski definition) is 2. The second-order valence-electron chi connectivity index (χ2n) is 7.38. The number of nitrogens with zero attached hydrogens (tertiary/aromatic N) is 1. The standard InChI is InChI=1S/C22H27N3O2S.2ClH/c1-25-19-13-15(10-11-17(19)21(27-2)28-22(25)26)14-24-18-9-6-12-23-20(18)16-7-4-3-5-8-16;;/h3-5,7-8,10-11,13,18,20-21,23-24H,6,9,12,14H2,1-2H3;2*1H/t18-,20-,21?;;/m0../s1. The number of anilines is 1. The molecule has 2 aromatic carbocycles. The number of fused-ring (bicyclic) bond motifs is 1. The maximum Gasteiger partial charge on any atom is 0.288 e. The number of rotatable bonds is 5. The van der Waals surface area contributed by atoms with Crippen molar-refractivity contribution in [1.29, 1.82) is 0 Å². The van der Waals surface area contributed by atoms with E-state index < -0.39 is 0 Å². The van der Waals surface area contributed by atoms with Crippen molar-refractivity contribution in [2.45, 2.75) is 36.9 Å². The quantitative estimate of drug-likeness (QED) is 0.640. The van der Waals surface area contributed by atoms with Crippen LogP contribution in [0.3, 0.4) is 0 Å². The number of ether oxygens (including phenoxy) is 1. The predicted molar refractivity (Wildman–Crippen MR) is 129 cm³/mol. The van der Waals surface area contributed by atoms with Crippen LogP contribution in [-0.4, -0.2) is 32.0 Å². The molecule has 0 radical (unpaired) electrons. The maximum atomic E-state index is 12.2. The average Bonchev–Trinajstić information content (AvgIpc) is 2.75. The van der Waals surface area contributed by atoms with Gasteiger partial charge in [0, 0.05) is 38.3 Å². The largest absolute Gasteiger partial charge is 0.365 e. The normalized spacial score (nSPS) is 23.2. The zero-order chi connectivity index (χ0) is 19.5. The summed E-state index contributed by atoms with van der Waals surface area (Å²) in [6, 6.07) is 17.7. The second-order valence-corrected chi connectivity index (χ2v) is 8.39. The average molecular weight is 470 g/mol. The fraction of sp³-hybridized carbons (Fsp3) is 0.409. The molecule has 30 heavy (non-hydrogen) atoms. The van der Waals surface area contributed by atoms with Crippen molar-refractivity contribution in [3.05, 3.63) is 65.2 Å². The molecule has 2 aromatic rings. The fourth-order valence-corrected chi connectivity index (χ4v) is 4.93. The number of thioether (sulfide) groups is 1. The number of nitrogens with one attached hydrogen (secondary N) is 2. The summed E-state index contributed by atoms with van der Waals surface area (Å²) in [4.78, 5) is 13.9. The molecule has 1 fully saturated rings. The molecule has 0 aromatic heterocycles. The molecule has 1 saturated heterocycles. The summed E-state index contributed by atoms with van der Waals surface area (Å²) < 4.78 is 5.49. The molecule has 1 unspecified atom stereocenters. The summed E-state index contributed by atoms with van der Waals surface area (Å²) in [7, 11) is 3.48. The van der Waals surface area contributed by atoms with Gasteiger partial charge < -0.3 is 20.3 Å². The number of hydrogen-bond acceptors (Lipinski definition) is 5. The van der Waals surface area contributed by atoms with Crippen LogP contribution in [0.1, 0.15) is 41.0 Å². The highest BCUT2D eigenvalue weighted by atomic mass is 35.5. The van der Waals surface area contributed by atoms with Gasteiger partial charge in [-0.05, 0) is 48.3 Å². The summed E-state index contributed by atoms with van der Waals surface area (Å²) >= 11 is 1.22. The number of piperidine rings is 1. The summed E-state index contributed by atoms with van der Waals surface area (Å²) in [6.45, 7) is 1.83. The van der Waals surface area contributed by atoms with Crippen LogP contribution in [-0.2, 0) is 11.3 Å². The monoisotopic (exact) mass is 469 g/mol. The molecule has 8 heteroatoms. The molecule has 1 amide bonds. The molecule has 164 valence electrons. The third-order valence-electron chi connectivity index (χ3n) is 5.59. The lowest BCUT2D eigenvalue weighted by Gasteiger charge is -2.34. The van der Waals surface area contributed by atoms with Crippen LogP contribution in [0.2, 0.25) is 0 Å². The molecule has 0 saturated carbocycles. The Hall–Kier alpha value is -1.28. The molecule has 5 nitrogen and oxygen atoms in total. The van der Waals surface area contributed by atoms with Crippen LogP contribution in [0.15, 0.2) is 48.5 Å². The van der Waals surface area contributed by atoms with E-state index in [1.165, 1.54) is 29.3 Å². The van der Waals surface area contributed by atoms with Gasteiger partial charge in [0.25, 0.3) is 5.24 Å². The maximum absolute atomic E-state index is 12.2. The predicted octanol–water partition coefficient (Wildman–Crippen LogP) is 5.06. The lowest BCUT2D eigenvalue weighted by Crippen LogP contribution is -2.45. The number of amides is 1. The van der Waals surface area contributed by atoms with Gasteiger partial charge in [0.15, 0.2) is 0 Å². The SMILES string of the molecule is COC1SC(=O)N(C)c2cc(CN[C@H]3CCCN[C@H]3c3ccccc3)ccc21.Cl.Cl. The summed E-state index contributed by atoms with van der Waals surface area (Å²) in [5, 5.41) is 7.42. The van der Waals surface area contributed by atoms with Crippen molar-refractivity contribution in [2.24, 2.45) is 0 Å². The van der Waals surface area contributed by atoms with Crippen LogP contribution in [0.5, 0.6) is 0 Å². The van der Waals surface area contributed by atoms with Crippen molar-refractivity contribution < 1.29 is 9.53 Å². The minimum Gasteiger partial charge on any atom is -0.365 e. The van der Waals surface area contributed by atoms with Gasteiger partial charge in [0.2, 0.25) is 0 Å². The van der Waals surface area contributed by atoms with Crippen molar-refractivity contribution >= 4 is 47.5 Å². The molecule has 2 N–H and O–H groups in total. The van der Waals surface area contributed by atoms with Crippen molar-refractivity contribution in [2.75, 3.05) is 25.6 Å². The second kappa shape index (κ2) is 11.4. The zero-order valence-electron chi connectivity index (χ0n) is 17.2. The Labute approximate surface area is 195 Å². The van der Waals surface area contributed by atoms with Gasteiger partial charge in [0.05, 0.1) is 5.69 Å². The highest BCUT2D eigenvalue weighted by molar-refractivity contribution is 8.14. The minimum absolute atomic E-state index is 0. The number of carbonyl (C=O) groups is 1. The van der Waals surface area contributed by atoms with E-state index in [1.54, 1.807) is 12.0 Å². The van der Waals surface area contributed by atoms with Gasteiger partial charge >= 0.3 is 0 Å². The third-order valence-corrected chi connectivity index (χ3v) is 6.73. The van der Waals surface area contributed by atoms with E-state index >= 15 is 0 Å². The molecule has 4 rings (SSSR count). The van der Waals surface area contributed by atoms with Crippen molar-refractivity contribution in [1.82, 2.24) is 10.6 Å². The Morgan fingerprint density at radius 2 is 1.97 bits per heavy atom. The van der Waals surface area contributed by atoms with Crippen molar-refractivity contribution in [3.8, 4) is 0 Å². The summed E-state index contributed by atoms with van der Waals surface area (Å²) in [5.74, 6) is 0. The van der Waals surface area contributed by atoms with Gasteiger partial charge in [0.1, 0.15) is 5.44 Å². The first-order valence-corrected chi connectivity index (χ1v) is 10.7. The highest BCUT2D eigenvalue weighted by Gasteiger charge is 2.30. The molecule has 3 atom stereocenters. The van der Waals surface area contributed by atoms with Crippen LogP contribution < -0.4 is 15.5 Å². The van der Waals surface area contributed by atoms with E-state index in [-0.39, 0.29) is 35.5 Å². The summed E-state index contributed by atoms with van der Waals surface area (Å²) in [5.41, 5.74) is 4.27. The smallest absolute Gasteiger partial charge is 0.288 e.